The molecule has 3 nitrogen and oxygen atoms in total. The van der Waals surface area contributed by atoms with Crippen molar-refractivity contribution in [1.29, 1.82) is 0 Å². The SMILES string of the molecule is CC1(C)[C@H]2CC=C(CN3CCC(Nc4nc(-c5cc(C(F)(F)F)cc(C(F)(F)F)c5)cs4)CC3)[C@@H]1C2. The second-order valence-corrected chi connectivity index (χ2v) is 11.7. The van der Waals surface area contributed by atoms with Gasteiger partial charge in [-0.2, -0.15) is 26.3 Å². The summed E-state index contributed by atoms with van der Waals surface area (Å²) in [6, 6.07) is 1.74. The molecule has 0 radical (unpaired) electrons. The first-order chi connectivity index (χ1) is 16.8. The van der Waals surface area contributed by atoms with Gasteiger partial charge in [0.25, 0.3) is 0 Å². The number of halogens is 6. The zero-order chi connectivity index (χ0) is 25.9. The van der Waals surface area contributed by atoms with Crippen LogP contribution in [0.4, 0.5) is 31.5 Å². The van der Waals surface area contributed by atoms with Crippen molar-refractivity contribution in [1.82, 2.24) is 9.88 Å². The van der Waals surface area contributed by atoms with Gasteiger partial charge >= 0.3 is 12.4 Å². The van der Waals surface area contributed by atoms with E-state index in [1.165, 1.54) is 29.6 Å². The number of anilines is 1. The summed E-state index contributed by atoms with van der Waals surface area (Å²) < 4.78 is 79.2. The fraction of sp³-hybridized carbons (Fsp3) is 0.577. The summed E-state index contributed by atoms with van der Waals surface area (Å²) in [5, 5.41) is 5.34. The lowest BCUT2D eigenvalue weighted by molar-refractivity contribution is -0.143. The largest absolute Gasteiger partial charge is 0.416 e. The van der Waals surface area contributed by atoms with Crippen LogP contribution in [-0.2, 0) is 12.4 Å². The van der Waals surface area contributed by atoms with E-state index < -0.39 is 23.5 Å². The van der Waals surface area contributed by atoms with Crippen LogP contribution in [0.25, 0.3) is 11.3 Å². The lowest BCUT2D eigenvalue weighted by atomic mass is 9.49. The van der Waals surface area contributed by atoms with E-state index in [0.717, 1.165) is 50.5 Å². The van der Waals surface area contributed by atoms with Crippen LogP contribution in [-0.4, -0.2) is 35.6 Å². The molecule has 3 aliphatic carbocycles. The average molecular weight is 530 g/mol. The Labute approximate surface area is 210 Å². The van der Waals surface area contributed by atoms with E-state index >= 15 is 0 Å². The predicted octanol–water partition coefficient (Wildman–Crippen LogP) is 7.72. The Balaban J connectivity index is 1.21. The third-order valence-electron chi connectivity index (χ3n) is 8.29. The first-order valence-electron chi connectivity index (χ1n) is 12.2. The average Bonchev–Trinajstić information content (AvgIpc) is 3.27. The van der Waals surface area contributed by atoms with E-state index in [9.17, 15) is 26.3 Å². The second kappa shape index (κ2) is 9.04. The minimum atomic E-state index is -4.88. The van der Waals surface area contributed by atoms with Crippen molar-refractivity contribution < 1.29 is 26.3 Å². The highest BCUT2D eigenvalue weighted by Gasteiger charge is 2.51. The standard InChI is InChI=1S/C26H29F6N3S/c1-24(2)17-4-3-15(21(24)12-17)13-35-7-5-20(6-8-35)33-23-34-22(14-36-23)16-9-18(25(27,28)29)11-19(10-16)26(30,31)32/h3,9-11,14,17,20-21H,4-8,12-13H2,1-2H3,(H,33,34)/t17-,21-/m0/s1. The number of piperidine rings is 1. The van der Waals surface area contributed by atoms with Gasteiger partial charge in [0, 0.05) is 36.6 Å². The third kappa shape index (κ3) is 5.03. The van der Waals surface area contributed by atoms with Crippen LogP contribution >= 0.6 is 11.3 Å². The Hall–Kier alpha value is -2.07. The van der Waals surface area contributed by atoms with Crippen LogP contribution in [0.3, 0.4) is 0 Å². The number of hydrogen-bond donors (Lipinski definition) is 1. The smallest absolute Gasteiger partial charge is 0.359 e. The molecule has 1 N–H and O–H groups in total. The molecule has 36 heavy (non-hydrogen) atoms. The first kappa shape index (κ1) is 25.6. The summed E-state index contributed by atoms with van der Waals surface area (Å²) in [5.74, 6) is 1.51. The lowest BCUT2D eigenvalue weighted by Gasteiger charge is -2.57. The van der Waals surface area contributed by atoms with E-state index in [4.69, 9.17) is 0 Å². The van der Waals surface area contributed by atoms with Crippen molar-refractivity contribution >= 4 is 16.5 Å². The minimum absolute atomic E-state index is 0.0992. The molecule has 10 heteroatoms. The molecule has 4 aliphatic rings. The van der Waals surface area contributed by atoms with Crippen LogP contribution < -0.4 is 5.32 Å². The maximum atomic E-state index is 13.2. The van der Waals surface area contributed by atoms with Crippen molar-refractivity contribution in [3.63, 3.8) is 0 Å². The molecule has 1 aromatic heterocycles. The van der Waals surface area contributed by atoms with Crippen LogP contribution in [0.1, 0.15) is 50.7 Å². The summed E-state index contributed by atoms with van der Waals surface area (Å²) >= 11 is 1.19. The van der Waals surface area contributed by atoms with E-state index in [1.807, 2.05) is 0 Å². The van der Waals surface area contributed by atoms with Crippen molar-refractivity contribution in [3.05, 3.63) is 46.4 Å². The zero-order valence-electron chi connectivity index (χ0n) is 20.1. The monoisotopic (exact) mass is 529 g/mol. The molecule has 1 saturated heterocycles. The van der Waals surface area contributed by atoms with Gasteiger partial charge in [0.2, 0.25) is 0 Å². The van der Waals surface area contributed by atoms with Gasteiger partial charge in [0.1, 0.15) is 0 Å². The van der Waals surface area contributed by atoms with Crippen LogP contribution in [0, 0.1) is 17.3 Å². The molecular weight excluding hydrogens is 500 g/mol. The molecule has 2 fully saturated rings. The molecule has 0 amide bonds. The van der Waals surface area contributed by atoms with Crippen molar-refractivity contribution in [2.45, 2.75) is 57.9 Å². The number of rotatable bonds is 5. The highest BCUT2D eigenvalue weighted by Crippen LogP contribution is 2.59. The molecule has 2 aromatic rings. The molecule has 1 saturated carbocycles. The fourth-order valence-corrected chi connectivity index (χ4v) is 6.70. The summed E-state index contributed by atoms with van der Waals surface area (Å²) in [6.07, 6.45) is -3.04. The van der Waals surface area contributed by atoms with Crippen LogP contribution in [0.15, 0.2) is 35.2 Å². The van der Waals surface area contributed by atoms with Crippen LogP contribution in [0.5, 0.6) is 0 Å². The van der Waals surface area contributed by atoms with Crippen LogP contribution in [0.2, 0.25) is 0 Å². The quantitative estimate of drug-likeness (QED) is 0.318. The summed E-state index contributed by atoms with van der Waals surface area (Å²) in [4.78, 5) is 6.79. The Morgan fingerprint density at radius 2 is 1.67 bits per heavy atom. The fourth-order valence-electron chi connectivity index (χ4n) is 5.90. The molecular formula is C26H29F6N3S. The molecule has 6 rings (SSSR count). The number of fused-ring (bicyclic) bond motifs is 1. The number of allylic oxidation sites excluding steroid dienone is 1. The Morgan fingerprint density at radius 3 is 2.22 bits per heavy atom. The Bertz CT molecular complexity index is 1110. The van der Waals surface area contributed by atoms with E-state index in [0.29, 0.717) is 16.5 Å². The normalized spacial score (nSPS) is 24.8. The topological polar surface area (TPSA) is 28.2 Å². The van der Waals surface area contributed by atoms with Crippen molar-refractivity contribution in [2.24, 2.45) is 17.3 Å². The second-order valence-electron chi connectivity index (χ2n) is 10.8. The van der Waals surface area contributed by atoms with Crippen molar-refractivity contribution in [2.75, 3.05) is 25.0 Å². The summed E-state index contributed by atoms with van der Waals surface area (Å²) in [7, 11) is 0. The number of nitrogens with one attached hydrogen (secondary N) is 1. The number of aromatic nitrogens is 1. The molecule has 0 unspecified atom stereocenters. The Morgan fingerprint density at radius 1 is 1.03 bits per heavy atom. The first-order valence-corrected chi connectivity index (χ1v) is 13.1. The molecule has 2 bridgehead atoms. The number of alkyl halides is 6. The predicted molar refractivity (Wildman–Crippen MR) is 129 cm³/mol. The van der Waals surface area contributed by atoms with Gasteiger partial charge in [-0.05, 0) is 61.1 Å². The summed E-state index contributed by atoms with van der Waals surface area (Å²) in [5.41, 5.74) is -0.794. The molecule has 2 heterocycles. The third-order valence-corrected chi connectivity index (χ3v) is 9.07. The van der Waals surface area contributed by atoms with E-state index in [-0.39, 0.29) is 23.4 Å². The van der Waals surface area contributed by atoms with Gasteiger partial charge in [0.05, 0.1) is 16.8 Å². The maximum absolute atomic E-state index is 13.2. The van der Waals surface area contributed by atoms with Gasteiger partial charge in [-0.1, -0.05) is 25.5 Å². The zero-order valence-corrected chi connectivity index (χ0v) is 21.0. The summed E-state index contributed by atoms with van der Waals surface area (Å²) in [6.45, 7) is 7.63. The van der Waals surface area contributed by atoms with Gasteiger partial charge in [0.15, 0.2) is 5.13 Å². The van der Waals surface area contributed by atoms with Gasteiger partial charge in [-0.3, -0.25) is 4.90 Å². The van der Waals surface area contributed by atoms with E-state index in [1.54, 1.807) is 5.57 Å². The van der Waals surface area contributed by atoms with Gasteiger partial charge in [-0.25, -0.2) is 4.98 Å². The maximum Gasteiger partial charge on any atom is 0.416 e. The number of thiazole rings is 1. The molecule has 1 aromatic carbocycles. The number of hydrogen-bond acceptors (Lipinski definition) is 4. The lowest BCUT2D eigenvalue weighted by Crippen LogP contribution is -2.50. The van der Waals surface area contributed by atoms with Crippen molar-refractivity contribution in [3.8, 4) is 11.3 Å². The number of nitrogens with zero attached hydrogens (tertiary/aromatic N) is 2. The van der Waals surface area contributed by atoms with Gasteiger partial charge in [-0.15, -0.1) is 11.3 Å². The van der Waals surface area contributed by atoms with E-state index in [2.05, 4.69) is 35.1 Å². The van der Waals surface area contributed by atoms with Gasteiger partial charge < -0.3 is 5.32 Å². The number of benzene rings is 1. The molecule has 196 valence electrons. The molecule has 2 atom stereocenters. The molecule has 1 aliphatic heterocycles. The minimum Gasteiger partial charge on any atom is -0.359 e. The Kier molecular flexibility index (Phi) is 6.42. The highest BCUT2D eigenvalue weighted by molar-refractivity contribution is 7.14. The number of likely N-dealkylation sites (tertiary alicyclic amines) is 1. The molecule has 0 spiro atoms. The highest BCUT2D eigenvalue weighted by atomic mass is 32.1.